The zero-order valence-electron chi connectivity index (χ0n) is 13.3. The first-order valence-corrected chi connectivity index (χ1v) is 7.65. The zero-order chi connectivity index (χ0) is 15.8. The molecule has 0 aromatic heterocycles. The Bertz CT molecular complexity index is 549. The summed E-state index contributed by atoms with van der Waals surface area (Å²) >= 11 is 5.30. The second-order valence-corrected chi connectivity index (χ2v) is 4.90. The normalized spacial score (nSPS) is 9.48. The SMILES string of the molecule is CCOc1ccc(NC(=S)Nc2ccc(OCC)cc2)cc1.[Tl]. The molecule has 0 bridgehead atoms. The van der Waals surface area contributed by atoms with Gasteiger partial charge in [0.1, 0.15) is 11.5 Å². The average Bonchev–Trinajstić information content (AvgIpc) is 2.52. The first kappa shape index (κ1) is 19.7. The van der Waals surface area contributed by atoms with Crippen molar-refractivity contribution in [2.75, 3.05) is 23.8 Å². The number of benzene rings is 2. The van der Waals surface area contributed by atoms with Gasteiger partial charge in [-0.05, 0) is 74.6 Å². The van der Waals surface area contributed by atoms with Gasteiger partial charge in [-0.25, -0.2) is 0 Å². The smallest absolute Gasteiger partial charge is 0.175 e. The van der Waals surface area contributed by atoms with Gasteiger partial charge in [-0.15, -0.1) is 0 Å². The maximum absolute atomic E-state index is 5.40. The quantitative estimate of drug-likeness (QED) is 0.447. The summed E-state index contributed by atoms with van der Waals surface area (Å²) in [6, 6.07) is 15.3. The molecule has 0 heterocycles. The molecule has 23 heavy (non-hydrogen) atoms. The van der Waals surface area contributed by atoms with Crippen molar-refractivity contribution in [1.29, 1.82) is 0 Å². The Balaban J connectivity index is 0.00000264. The first-order valence-electron chi connectivity index (χ1n) is 7.25. The molecule has 0 fully saturated rings. The molecule has 0 aliphatic carbocycles. The Labute approximate surface area is 162 Å². The van der Waals surface area contributed by atoms with Gasteiger partial charge < -0.3 is 20.1 Å². The summed E-state index contributed by atoms with van der Waals surface area (Å²) in [5.74, 6) is 1.69. The molecule has 2 rings (SSSR count). The molecule has 2 N–H and O–H groups in total. The van der Waals surface area contributed by atoms with Gasteiger partial charge >= 0.3 is 0 Å². The van der Waals surface area contributed by atoms with E-state index in [2.05, 4.69) is 10.6 Å². The van der Waals surface area contributed by atoms with Gasteiger partial charge in [-0.3, -0.25) is 0 Å². The van der Waals surface area contributed by atoms with Crippen LogP contribution in [0.4, 0.5) is 11.4 Å². The van der Waals surface area contributed by atoms with E-state index in [0.29, 0.717) is 18.3 Å². The molecule has 119 valence electrons. The number of nitrogens with one attached hydrogen (secondary N) is 2. The van der Waals surface area contributed by atoms with Gasteiger partial charge in [-0.2, -0.15) is 0 Å². The molecule has 0 saturated heterocycles. The van der Waals surface area contributed by atoms with Gasteiger partial charge in [-0.1, -0.05) is 0 Å². The van der Waals surface area contributed by atoms with Gasteiger partial charge in [0.15, 0.2) is 5.11 Å². The van der Waals surface area contributed by atoms with E-state index in [1.54, 1.807) is 0 Å². The van der Waals surface area contributed by atoms with Crippen LogP contribution in [-0.2, 0) is 0 Å². The molecule has 2 aromatic rings. The second-order valence-electron chi connectivity index (χ2n) is 4.49. The monoisotopic (exact) mass is 521 g/mol. The molecule has 0 aliphatic rings. The van der Waals surface area contributed by atoms with Crippen LogP contribution in [0, 0.1) is 0 Å². The minimum absolute atomic E-state index is 0. The topological polar surface area (TPSA) is 42.5 Å². The average molecular weight is 521 g/mol. The Morgan fingerprint density at radius 3 is 1.43 bits per heavy atom. The Hall–Kier alpha value is -1.35. The number of hydrogen-bond donors (Lipinski definition) is 2. The zero-order valence-corrected chi connectivity index (χ0v) is 18.6. The van der Waals surface area contributed by atoms with Crippen molar-refractivity contribution < 1.29 is 9.47 Å². The minimum atomic E-state index is 0. The fourth-order valence-corrected chi connectivity index (χ4v) is 2.13. The molecular weight excluding hydrogens is 501 g/mol. The number of thiocarbonyl (C=S) groups is 1. The molecule has 2 aromatic carbocycles. The van der Waals surface area contributed by atoms with Gasteiger partial charge in [0.25, 0.3) is 0 Å². The van der Waals surface area contributed by atoms with Gasteiger partial charge in [0.2, 0.25) is 0 Å². The largest absolute Gasteiger partial charge is 0.494 e. The van der Waals surface area contributed by atoms with E-state index in [1.807, 2.05) is 62.4 Å². The third-order valence-corrected chi connectivity index (χ3v) is 3.05. The van der Waals surface area contributed by atoms with Gasteiger partial charge in [0.05, 0.1) is 13.2 Å². The van der Waals surface area contributed by atoms with Crippen LogP contribution in [-0.4, -0.2) is 45.6 Å². The van der Waals surface area contributed by atoms with Gasteiger partial charge in [0, 0.05) is 38.7 Å². The molecule has 1 radical (unpaired) electrons. The molecule has 0 saturated carbocycles. The van der Waals surface area contributed by atoms with E-state index in [1.165, 1.54) is 0 Å². The van der Waals surface area contributed by atoms with Crippen molar-refractivity contribution in [3.05, 3.63) is 48.5 Å². The summed E-state index contributed by atoms with van der Waals surface area (Å²) in [6.07, 6.45) is 0. The second kappa shape index (κ2) is 10.4. The van der Waals surface area contributed by atoms with Crippen LogP contribution in [0.2, 0.25) is 0 Å². The van der Waals surface area contributed by atoms with Crippen molar-refractivity contribution in [2.45, 2.75) is 13.8 Å². The van der Waals surface area contributed by atoms with Crippen LogP contribution in [0.1, 0.15) is 13.8 Å². The maximum atomic E-state index is 5.40. The van der Waals surface area contributed by atoms with Crippen LogP contribution >= 0.6 is 12.2 Å². The fourth-order valence-electron chi connectivity index (χ4n) is 1.90. The minimum Gasteiger partial charge on any atom is -0.494 e. The van der Waals surface area contributed by atoms with Crippen LogP contribution in [0.3, 0.4) is 0 Å². The van der Waals surface area contributed by atoms with Crippen LogP contribution in [0.5, 0.6) is 11.5 Å². The third-order valence-electron chi connectivity index (χ3n) is 2.85. The molecule has 4 nitrogen and oxygen atoms in total. The van der Waals surface area contributed by atoms with Crippen LogP contribution < -0.4 is 20.1 Å². The molecule has 0 spiro atoms. The Morgan fingerprint density at radius 1 is 0.783 bits per heavy atom. The van der Waals surface area contributed by atoms with E-state index in [9.17, 15) is 0 Å². The van der Waals surface area contributed by atoms with Crippen molar-refractivity contribution >= 4 is 56.0 Å². The molecule has 0 unspecified atom stereocenters. The van der Waals surface area contributed by atoms with Crippen LogP contribution in [0.15, 0.2) is 48.5 Å². The molecule has 6 heteroatoms. The van der Waals surface area contributed by atoms with Crippen molar-refractivity contribution in [3.8, 4) is 11.5 Å². The Morgan fingerprint density at radius 2 is 1.13 bits per heavy atom. The summed E-state index contributed by atoms with van der Waals surface area (Å²) in [6.45, 7) is 5.24. The van der Waals surface area contributed by atoms with E-state index < -0.39 is 0 Å². The summed E-state index contributed by atoms with van der Waals surface area (Å²) < 4.78 is 10.8. The number of anilines is 2. The first-order chi connectivity index (χ1) is 10.7. The van der Waals surface area contributed by atoms with Crippen LogP contribution in [0.25, 0.3) is 0 Å². The Kier molecular flexibility index (Phi) is 8.93. The van der Waals surface area contributed by atoms with Crippen molar-refractivity contribution in [2.24, 2.45) is 0 Å². The van der Waals surface area contributed by atoms with E-state index in [0.717, 1.165) is 22.9 Å². The standard InChI is InChI=1S/C17H20N2O2S.Tl/c1-3-20-15-9-5-13(6-10-15)18-17(22)19-14-7-11-16(12-8-14)21-4-2;/h5-12H,3-4H2,1-2H3,(H2,18,19,22);. The van der Waals surface area contributed by atoms with E-state index in [4.69, 9.17) is 21.7 Å². The van der Waals surface area contributed by atoms with Crippen molar-refractivity contribution in [3.63, 3.8) is 0 Å². The van der Waals surface area contributed by atoms with Crippen molar-refractivity contribution in [1.82, 2.24) is 0 Å². The fraction of sp³-hybridized carbons (Fsp3) is 0.235. The summed E-state index contributed by atoms with van der Waals surface area (Å²) in [4.78, 5) is 0. The molecule has 0 amide bonds. The number of rotatable bonds is 6. The predicted octanol–water partition coefficient (Wildman–Crippen LogP) is 3.91. The number of ether oxygens (including phenoxy) is 2. The predicted molar refractivity (Wildman–Crippen MR) is 101 cm³/mol. The molecule has 0 aliphatic heterocycles. The summed E-state index contributed by atoms with van der Waals surface area (Å²) in [5.41, 5.74) is 1.82. The summed E-state index contributed by atoms with van der Waals surface area (Å²) in [7, 11) is 0. The number of hydrogen-bond acceptors (Lipinski definition) is 3. The van der Waals surface area contributed by atoms with E-state index in [-0.39, 0.29) is 27.3 Å². The molecule has 0 atom stereocenters. The summed E-state index contributed by atoms with van der Waals surface area (Å²) in [5, 5.41) is 6.80. The third kappa shape index (κ3) is 6.74. The van der Waals surface area contributed by atoms with E-state index >= 15 is 0 Å². The maximum Gasteiger partial charge on any atom is 0.175 e. The molecular formula is C17H20N2O2STl.